The van der Waals surface area contributed by atoms with Gasteiger partial charge in [0.15, 0.2) is 0 Å². The molecule has 0 spiro atoms. The molecular weight excluding hydrogens is 306 g/mol. The van der Waals surface area contributed by atoms with Crippen LogP contribution in [0, 0.1) is 0 Å². The van der Waals surface area contributed by atoms with Crippen molar-refractivity contribution in [3.8, 4) is 0 Å². The Labute approximate surface area is 136 Å². The Kier molecular flexibility index (Phi) is 6.86. The van der Waals surface area contributed by atoms with Crippen LogP contribution in [-0.4, -0.2) is 51.4 Å². The maximum atomic E-state index is 10.5. The fourth-order valence-electron chi connectivity index (χ4n) is 2.71. The van der Waals surface area contributed by atoms with Crippen LogP contribution in [0.1, 0.15) is 43.9 Å². The Hall–Kier alpha value is -0.230. The second-order valence-corrected chi connectivity index (χ2v) is 7.75. The van der Waals surface area contributed by atoms with Crippen LogP contribution in [0.5, 0.6) is 0 Å². The van der Waals surface area contributed by atoms with E-state index in [4.69, 9.17) is 11.6 Å². The summed E-state index contributed by atoms with van der Waals surface area (Å²) in [5, 5.41) is 16.1. The van der Waals surface area contributed by atoms with Crippen LogP contribution in [0.15, 0.2) is 6.20 Å². The number of thioether (sulfide) groups is 1. The van der Waals surface area contributed by atoms with E-state index in [0.717, 1.165) is 18.8 Å². The molecule has 0 radical (unpaired) electrons. The molecule has 0 aromatic carbocycles. The standard InChI is InChI=1S/C15H26ClN3OS/c1-18(2)8-9-19-15(13(16)10-17-19)14(20)11-21-12-6-4-3-5-7-12/h10,12,14,20H,3-9,11H2,1-2H3. The summed E-state index contributed by atoms with van der Waals surface area (Å²) in [6, 6.07) is 0. The Morgan fingerprint density at radius 2 is 2.14 bits per heavy atom. The lowest BCUT2D eigenvalue weighted by Gasteiger charge is -2.23. The second-order valence-electron chi connectivity index (χ2n) is 6.01. The molecule has 6 heteroatoms. The molecule has 4 nitrogen and oxygen atoms in total. The number of halogens is 1. The molecule has 1 aliphatic carbocycles. The number of hydrogen-bond donors (Lipinski definition) is 1. The molecule has 1 aliphatic rings. The van der Waals surface area contributed by atoms with Gasteiger partial charge in [0, 0.05) is 17.5 Å². The van der Waals surface area contributed by atoms with Gasteiger partial charge in [0.25, 0.3) is 0 Å². The molecule has 2 rings (SSSR count). The molecule has 1 aromatic heterocycles. The summed E-state index contributed by atoms with van der Waals surface area (Å²) in [6.07, 6.45) is 7.69. The van der Waals surface area contributed by atoms with E-state index >= 15 is 0 Å². The third-order valence-electron chi connectivity index (χ3n) is 3.95. The Balaban J connectivity index is 1.91. The average molecular weight is 332 g/mol. The smallest absolute Gasteiger partial charge is 0.106 e. The fraction of sp³-hybridized carbons (Fsp3) is 0.800. The van der Waals surface area contributed by atoms with Gasteiger partial charge in [-0.25, -0.2) is 0 Å². The molecule has 0 bridgehead atoms. The Bertz CT molecular complexity index is 433. The predicted octanol–water partition coefficient (Wildman–Crippen LogP) is 3.20. The lowest BCUT2D eigenvalue weighted by molar-refractivity contribution is 0.190. The highest BCUT2D eigenvalue weighted by atomic mass is 35.5. The van der Waals surface area contributed by atoms with E-state index < -0.39 is 6.10 Å². The summed E-state index contributed by atoms with van der Waals surface area (Å²) in [6.45, 7) is 1.63. The number of hydrogen-bond acceptors (Lipinski definition) is 4. The van der Waals surface area contributed by atoms with Gasteiger partial charge in [-0.1, -0.05) is 30.9 Å². The molecule has 1 N–H and O–H groups in total. The summed E-state index contributed by atoms with van der Waals surface area (Å²) in [5.41, 5.74) is 0.766. The van der Waals surface area contributed by atoms with E-state index in [1.165, 1.54) is 32.1 Å². The molecule has 1 unspecified atom stereocenters. The number of aliphatic hydroxyl groups is 1. The van der Waals surface area contributed by atoms with Crippen molar-refractivity contribution in [2.24, 2.45) is 0 Å². The van der Waals surface area contributed by atoms with Crippen molar-refractivity contribution < 1.29 is 5.11 Å². The highest BCUT2D eigenvalue weighted by Gasteiger charge is 2.21. The van der Waals surface area contributed by atoms with E-state index in [9.17, 15) is 5.11 Å². The maximum absolute atomic E-state index is 10.5. The minimum absolute atomic E-state index is 0.533. The van der Waals surface area contributed by atoms with Crippen LogP contribution < -0.4 is 0 Å². The first kappa shape index (κ1) is 17.1. The third kappa shape index (κ3) is 5.16. The minimum atomic E-state index is -0.533. The molecule has 1 fully saturated rings. The number of nitrogens with zero attached hydrogens (tertiary/aromatic N) is 3. The van der Waals surface area contributed by atoms with Crippen molar-refractivity contribution in [1.82, 2.24) is 14.7 Å². The zero-order chi connectivity index (χ0) is 15.2. The summed E-state index contributed by atoms with van der Waals surface area (Å²) in [7, 11) is 4.06. The first-order chi connectivity index (χ1) is 10.1. The zero-order valence-electron chi connectivity index (χ0n) is 13.0. The quantitative estimate of drug-likeness (QED) is 0.833. The number of likely N-dealkylation sites (N-methyl/N-ethyl adjacent to an activating group) is 1. The molecule has 1 atom stereocenters. The predicted molar refractivity (Wildman–Crippen MR) is 90.1 cm³/mol. The van der Waals surface area contributed by atoms with Gasteiger partial charge < -0.3 is 10.0 Å². The fourth-order valence-corrected chi connectivity index (χ4v) is 4.26. The van der Waals surface area contributed by atoms with Gasteiger partial charge in [0.2, 0.25) is 0 Å². The Morgan fingerprint density at radius 3 is 2.81 bits per heavy atom. The van der Waals surface area contributed by atoms with Gasteiger partial charge >= 0.3 is 0 Å². The first-order valence-corrected chi connectivity index (χ1v) is 9.16. The Morgan fingerprint density at radius 1 is 1.43 bits per heavy atom. The van der Waals surface area contributed by atoms with Crippen LogP contribution in [0.25, 0.3) is 0 Å². The highest BCUT2D eigenvalue weighted by Crippen LogP contribution is 2.32. The zero-order valence-corrected chi connectivity index (χ0v) is 14.5. The molecular formula is C15H26ClN3OS. The molecule has 1 aromatic rings. The summed E-state index contributed by atoms with van der Waals surface area (Å²) >= 11 is 8.10. The number of aliphatic hydroxyl groups excluding tert-OH is 1. The van der Waals surface area contributed by atoms with Gasteiger partial charge in [-0.15, -0.1) is 0 Å². The van der Waals surface area contributed by atoms with Crippen LogP contribution in [0.2, 0.25) is 5.02 Å². The highest BCUT2D eigenvalue weighted by molar-refractivity contribution is 7.99. The van der Waals surface area contributed by atoms with Crippen LogP contribution >= 0.6 is 23.4 Å². The summed E-state index contributed by atoms with van der Waals surface area (Å²) < 4.78 is 1.84. The molecule has 0 saturated heterocycles. The monoisotopic (exact) mass is 331 g/mol. The molecule has 0 amide bonds. The van der Waals surface area contributed by atoms with E-state index in [1.54, 1.807) is 6.20 Å². The van der Waals surface area contributed by atoms with Crippen LogP contribution in [0.3, 0.4) is 0 Å². The average Bonchev–Trinajstić information content (AvgIpc) is 2.85. The van der Waals surface area contributed by atoms with Crippen molar-refractivity contribution in [3.63, 3.8) is 0 Å². The number of aromatic nitrogens is 2. The maximum Gasteiger partial charge on any atom is 0.106 e. The largest absolute Gasteiger partial charge is 0.386 e. The third-order valence-corrected chi connectivity index (χ3v) is 5.69. The number of rotatable bonds is 7. The molecule has 120 valence electrons. The van der Waals surface area contributed by atoms with Crippen molar-refractivity contribution in [1.29, 1.82) is 0 Å². The van der Waals surface area contributed by atoms with Gasteiger partial charge in [0.1, 0.15) is 6.10 Å². The molecule has 21 heavy (non-hydrogen) atoms. The minimum Gasteiger partial charge on any atom is -0.386 e. The van der Waals surface area contributed by atoms with E-state index in [0.29, 0.717) is 16.0 Å². The van der Waals surface area contributed by atoms with Gasteiger partial charge in [-0.2, -0.15) is 16.9 Å². The van der Waals surface area contributed by atoms with Gasteiger partial charge in [0.05, 0.1) is 23.5 Å². The van der Waals surface area contributed by atoms with Gasteiger partial charge in [-0.3, -0.25) is 4.68 Å². The van der Waals surface area contributed by atoms with E-state index in [2.05, 4.69) is 10.00 Å². The first-order valence-electron chi connectivity index (χ1n) is 7.73. The lowest BCUT2D eigenvalue weighted by Crippen LogP contribution is -2.21. The normalized spacial score (nSPS) is 18.3. The van der Waals surface area contributed by atoms with Crippen LogP contribution in [-0.2, 0) is 6.54 Å². The summed E-state index contributed by atoms with van der Waals surface area (Å²) in [5.74, 6) is 0.706. The topological polar surface area (TPSA) is 41.3 Å². The molecule has 1 saturated carbocycles. The van der Waals surface area contributed by atoms with Crippen LogP contribution in [0.4, 0.5) is 0 Å². The lowest BCUT2D eigenvalue weighted by atomic mass is 10.0. The van der Waals surface area contributed by atoms with Crippen molar-refractivity contribution in [2.75, 3.05) is 26.4 Å². The van der Waals surface area contributed by atoms with E-state index in [-0.39, 0.29) is 0 Å². The van der Waals surface area contributed by atoms with Gasteiger partial charge in [-0.05, 0) is 26.9 Å². The second kappa shape index (κ2) is 8.42. The molecule has 0 aliphatic heterocycles. The molecule has 1 heterocycles. The van der Waals surface area contributed by atoms with Crippen molar-refractivity contribution in [2.45, 2.75) is 50.0 Å². The van der Waals surface area contributed by atoms with E-state index in [1.807, 2.05) is 30.5 Å². The van der Waals surface area contributed by atoms with Crippen molar-refractivity contribution >= 4 is 23.4 Å². The SMILES string of the molecule is CN(C)CCn1ncc(Cl)c1C(O)CSC1CCCCC1. The summed E-state index contributed by atoms with van der Waals surface area (Å²) in [4.78, 5) is 2.10. The van der Waals surface area contributed by atoms with Crippen molar-refractivity contribution in [3.05, 3.63) is 16.9 Å².